The Morgan fingerprint density at radius 2 is 2.20 bits per heavy atom. The van der Waals surface area contributed by atoms with Crippen molar-refractivity contribution in [2.24, 2.45) is 5.92 Å². The molecule has 0 radical (unpaired) electrons. The van der Waals surface area contributed by atoms with E-state index in [0.29, 0.717) is 5.54 Å². The van der Waals surface area contributed by atoms with Crippen molar-refractivity contribution in [3.63, 3.8) is 0 Å². The normalized spacial score (nSPS) is 34.4. The maximum atomic E-state index is 3.52. The smallest absolute Gasteiger partial charge is 0.0459 e. The molecule has 3 aliphatic rings. The van der Waals surface area contributed by atoms with Crippen molar-refractivity contribution in [2.75, 3.05) is 6.54 Å². The Kier molecular flexibility index (Phi) is 1.98. The third-order valence-electron chi connectivity index (χ3n) is 6.42. The highest BCUT2D eigenvalue weighted by atomic mass is 15.3. The maximum Gasteiger partial charge on any atom is 0.0459 e. The average Bonchev–Trinajstić information content (AvgIpc) is 3.10. The lowest BCUT2D eigenvalue weighted by Crippen LogP contribution is -2.43. The number of H-pyrrole nitrogens is 1. The van der Waals surface area contributed by atoms with Gasteiger partial charge in [0, 0.05) is 34.6 Å². The van der Waals surface area contributed by atoms with E-state index in [1.165, 1.54) is 31.3 Å². The molecule has 0 saturated carbocycles. The molecule has 5 rings (SSSR count). The van der Waals surface area contributed by atoms with E-state index in [4.69, 9.17) is 0 Å². The highest BCUT2D eigenvalue weighted by Gasteiger charge is 2.56. The van der Waals surface area contributed by atoms with Gasteiger partial charge < -0.3 is 4.98 Å². The predicted molar refractivity (Wildman–Crippen MR) is 82.0 cm³/mol. The highest BCUT2D eigenvalue weighted by molar-refractivity contribution is 5.88. The first-order valence-corrected chi connectivity index (χ1v) is 8.03. The summed E-state index contributed by atoms with van der Waals surface area (Å²) in [4.78, 5) is 6.33. The zero-order valence-corrected chi connectivity index (χ0v) is 12.3. The highest BCUT2D eigenvalue weighted by Crippen LogP contribution is 2.56. The van der Waals surface area contributed by atoms with Gasteiger partial charge in [-0.1, -0.05) is 12.1 Å². The molecular weight excluding hydrogens is 244 g/mol. The summed E-state index contributed by atoms with van der Waals surface area (Å²) in [7, 11) is 0. The largest absolute Gasteiger partial charge is 0.361 e. The van der Waals surface area contributed by atoms with Gasteiger partial charge in [0.05, 0.1) is 0 Å². The molecule has 1 N–H and O–H groups in total. The summed E-state index contributed by atoms with van der Waals surface area (Å²) in [5.74, 6) is 1.53. The van der Waals surface area contributed by atoms with Crippen molar-refractivity contribution in [1.29, 1.82) is 0 Å². The molecule has 1 aromatic carbocycles. The molecule has 0 spiro atoms. The van der Waals surface area contributed by atoms with Crippen molar-refractivity contribution in [3.8, 4) is 0 Å². The fourth-order valence-corrected chi connectivity index (χ4v) is 5.56. The molecule has 3 heterocycles. The van der Waals surface area contributed by atoms with Crippen LogP contribution in [0.3, 0.4) is 0 Å². The lowest BCUT2D eigenvalue weighted by atomic mass is 9.69. The fourth-order valence-electron chi connectivity index (χ4n) is 5.56. The van der Waals surface area contributed by atoms with Gasteiger partial charge >= 0.3 is 0 Å². The third kappa shape index (κ3) is 1.16. The Balaban J connectivity index is 1.77. The van der Waals surface area contributed by atoms with Crippen LogP contribution in [0.25, 0.3) is 10.9 Å². The number of fused-ring (bicyclic) bond motifs is 4. The van der Waals surface area contributed by atoms with Crippen LogP contribution in [0.1, 0.15) is 43.7 Å². The Labute approximate surface area is 120 Å². The monoisotopic (exact) mass is 266 g/mol. The Morgan fingerprint density at radius 1 is 1.30 bits per heavy atom. The number of nitrogens with one attached hydrogen (secondary N) is 1. The van der Waals surface area contributed by atoms with E-state index >= 15 is 0 Å². The van der Waals surface area contributed by atoms with Crippen molar-refractivity contribution in [1.82, 2.24) is 9.88 Å². The Hall–Kier alpha value is -1.28. The molecule has 1 aliphatic carbocycles. The average molecular weight is 266 g/mol. The first kappa shape index (κ1) is 11.4. The van der Waals surface area contributed by atoms with Crippen LogP contribution in [-0.4, -0.2) is 28.0 Å². The topological polar surface area (TPSA) is 19.0 Å². The van der Waals surface area contributed by atoms with Crippen LogP contribution in [0, 0.1) is 5.92 Å². The minimum atomic E-state index is 0.350. The number of hydrogen-bond donors (Lipinski definition) is 1. The number of aromatic nitrogens is 1. The second-order valence-electron chi connectivity index (χ2n) is 7.48. The molecule has 3 unspecified atom stereocenters. The number of aromatic amines is 1. The van der Waals surface area contributed by atoms with E-state index in [1.807, 2.05) is 0 Å². The van der Waals surface area contributed by atoms with Gasteiger partial charge in [0.2, 0.25) is 0 Å². The third-order valence-corrected chi connectivity index (χ3v) is 6.42. The van der Waals surface area contributed by atoms with Gasteiger partial charge in [-0.2, -0.15) is 0 Å². The summed E-state index contributed by atoms with van der Waals surface area (Å²) in [6.07, 6.45) is 6.34. The van der Waals surface area contributed by atoms with Gasteiger partial charge in [-0.25, -0.2) is 0 Å². The predicted octanol–water partition coefficient (Wildman–Crippen LogP) is 3.68. The summed E-state index contributed by atoms with van der Waals surface area (Å²) in [6, 6.07) is 7.56. The summed E-state index contributed by atoms with van der Waals surface area (Å²) in [5, 5.41) is 1.54. The standard InChI is InChI=1S/C18H22N2/c1-18(2)13-9-11-5-3-6-14-16(11)12(10-19-14)17(13)15-7-4-8-20(15)18/h3,5-6,10,13,15,17,19H,4,7-9H2,1-2H3. The van der Waals surface area contributed by atoms with Crippen LogP contribution in [0.5, 0.6) is 0 Å². The maximum absolute atomic E-state index is 3.52. The molecule has 104 valence electrons. The molecule has 2 fully saturated rings. The van der Waals surface area contributed by atoms with Crippen molar-refractivity contribution in [3.05, 3.63) is 35.5 Å². The summed E-state index contributed by atoms with van der Waals surface area (Å²) >= 11 is 0. The van der Waals surface area contributed by atoms with Crippen LogP contribution in [0.4, 0.5) is 0 Å². The van der Waals surface area contributed by atoms with Gasteiger partial charge in [-0.15, -0.1) is 0 Å². The quantitative estimate of drug-likeness (QED) is 0.770. The molecule has 2 nitrogen and oxygen atoms in total. The number of nitrogens with zero attached hydrogens (tertiary/aromatic N) is 1. The molecule has 3 atom stereocenters. The van der Waals surface area contributed by atoms with Gasteiger partial charge in [-0.3, -0.25) is 4.90 Å². The zero-order chi connectivity index (χ0) is 13.5. The first-order valence-electron chi connectivity index (χ1n) is 8.03. The molecule has 0 bridgehead atoms. The minimum absolute atomic E-state index is 0.350. The van der Waals surface area contributed by atoms with Gasteiger partial charge in [-0.05, 0) is 62.8 Å². The molecule has 0 amide bonds. The van der Waals surface area contributed by atoms with Gasteiger partial charge in [0.25, 0.3) is 0 Å². The minimum Gasteiger partial charge on any atom is -0.361 e. The zero-order valence-electron chi connectivity index (χ0n) is 12.3. The summed E-state index contributed by atoms with van der Waals surface area (Å²) < 4.78 is 0. The first-order chi connectivity index (χ1) is 9.68. The van der Waals surface area contributed by atoms with Crippen LogP contribution in [0.2, 0.25) is 0 Å². The van der Waals surface area contributed by atoms with E-state index in [1.54, 1.807) is 16.5 Å². The van der Waals surface area contributed by atoms with Crippen LogP contribution >= 0.6 is 0 Å². The van der Waals surface area contributed by atoms with E-state index in [0.717, 1.165) is 17.9 Å². The van der Waals surface area contributed by atoms with Crippen molar-refractivity contribution in [2.45, 2.75) is 50.6 Å². The second kappa shape index (κ2) is 3.48. The lowest BCUT2D eigenvalue weighted by molar-refractivity contribution is 0.137. The Bertz CT molecular complexity index is 697. The van der Waals surface area contributed by atoms with Crippen LogP contribution in [-0.2, 0) is 6.42 Å². The van der Waals surface area contributed by atoms with E-state index in [-0.39, 0.29) is 0 Å². The van der Waals surface area contributed by atoms with E-state index < -0.39 is 0 Å². The van der Waals surface area contributed by atoms with E-state index in [2.05, 4.69) is 48.1 Å². The van der Waals surface area contributed by atoms with Crippen molar-refractivity contribution >= 4 is 10.9 Å². The summed E-state index contributed by atoms with van der Waals surface area (Å²) in [6.45, 7) is 6.26. The molecule has 2 aromatic rings. The fraction of sp³-hybridized carbons (Fsp3) is 0.556. The SMILES string of the molecule is CC1(C)C2Cc3cccc4[nH]cc(c34)C2C2CCCN21. The lowest BCUT2D eigenvalue weighted by Gasteiger charge is -2.37. The number of rotatable bonds is 0. The van der Waals surface area contributed by atoms with Crippen molar-refractivity contribution < 1.29 is 0 Å². The molecule has 2 aliphatic heterocycles. The Morgan fingerprint density at radius 3 is 3.10 bits per heavy atom. The molecule has 1 aromatic heterocycles. The van der Waals surface area contributed by atoms with Crippen LogP contribution < -0.4 is 0 Å². The molecular formula is C18H22N2. The van der Waals surface area contributed by atoms with E-state index in [9.17, 15) is 0 Å². The van der Waals surface area contributed by atoms with Crippen LogP contribution in [0.15, 0.2) is 24.4 Å². The molecule has 2 saturated heterocycles. The van der Waals surface area contributed by atoms with Gasteiger partial charge in [0.1, 0.15) is 0 Å². The molecule has 2 heteroatoms. The number of hydrogen-bond acceptors (Lipinski definition) is 1. The van der Waals surface area contributed by atoms with Gasteiger partial charge in [0.15, 0.2) is 0 Å². The summed E-state index contributed by atoms with van der Waals surface area (Å²) in [5.41, 5.74) is 4.86. The second-order valence-corrected chi connectivity index (χ2v) is 7.48. The number of benzene rings is 1. The molecule has 20 heavy (non-hydrogen) atoms.